The molecule has 0 saturated carbocycles. The summed E-state index contributed by atoms with van der Waals surface area (Å²) in [5, 5.41) is 3.56. The van der Waals surface area contributed by atoms with E-state index in [9.17, 15) is 0 Å². The molecule has 106 valence electrons. The predicted octanol–water partition coefficient (Wildman–Crippen LogP) is 3.13. The maximum atomic E-state index is 3.56. The highest BCUT2D eigenvalue weighted by molar-refractivity contribution is 4.75. The molecule has 2 fully saturated rings. The minimum absolute atomic E-state index is 0.901. The Bertz CT molecular complexity index is 221. The molecule has 2 aliphatic heterocycles. The van der Waals surface area contributed by atoms with E-state index in [2.05, 4.69) is 24.1 Å². The molecule has 0 aromatic heterocycles. The van der Waals surface area contributed by atoms with E-state index in [1.807, 2.05) is 0 Å². The van der Waals surface area contributed by atoms with Crippen LogP contribution in [0.5, 0.6) is 0 Å². The van der Waals surface area contributed by atoms with Crippen LogP contribution in [0.4, 0.5) is 0 Å². The third-order valence-corrected chi connectivity index (χ3v) is 5.15. The van der Waals surface area contributed by atoms with Gasteiger partial charge in [-0.15, -0.1) is 0 Å². The number of hydrogen-bond donors (Lipinski definition) is 1. The average Bonchev–Trinajstić information content (AvgIpc) is 2.62. The summed E-state index contributed by atoms with van der Waals surface area (Å²) >= 11 is 0. The second-order valence-electron chi connectivity index (χ2n) is 6.75. The fraction of sp³-hybridized carbons (Fsp3) is 1.00. The maximum Gasteiger partial charge on any atom is -0.00161 e. The molecule has 0 aromatic carbocycles. The summed E-state index contributed by atoms with van der Waals surface area (Å²) in [6.45, 7) is 11.4. The topological polar surface area (TPSA) is 15.3 Å². The van der Waals surface area contributed by atoms with Crippen molar-refractivity contribution in [2.45, 2.75) is 52.4 Å². The van der Waals surface area contributed by atoms with Crippen molar-refractivity contribution in [2.75, 3.05) is 32.7 Å². The summed E-state index contributed by atoms with van der Waals surface area (Å²) < 4.78 is 0. The van der Waals surface area contributed by atoms with Crippen LogP contribution in [0.25, 0.3) is 0 Å². The third kappa shape index (κ3) is 4.55. The van der Waals surface area contributed by atoms with Gasteiger partial charge in [0.25, 0.3) is 0 Å². The maximum absolute atomic E-state index is 3.56. The molecule has 0 bridgehead atoms. The predicted molar refractivity (Wildman–Crippen MR) is 78.8 cm³/mol. The minimum Gasteiger partial charge on any atom is -0.316 e. The highest BCUT2D eigenvalue weighted by Crippen LogP contribution is 2.23. The zero-order chi connectivity index (χ0) is 12.8. The first-order valence-electron chi connectivity index (χ1n) is 8.19. The van der Waals surface area contributed by atoms with Crippen LogP contribution in [0.15, 0.2) is 0 Å². The number of piperidine rings is 1. The van der Waals surface area contributed by atoms with E-state index in [4.69, 9.17) is 0 Å². The lowest BCUT2D eigenvalue weighted by atomic mass is 9.85. The lowest BCUT2D eigenvalue weighted by Gasteiger charge is -2.30. The molecule has 0 aliphatic carbocycles. The molecule has 2 saturated heterocycles. The van der Waals surface area contributed by atoms with Crippen LogP contribution < -0.4 is 5.32 Å². The summed E-state index contributed by atoms with van der Waals surface area (Å²) in [6, 6.07) is 0. The molecular weight excluding hydrogens is 220 g/mol. The number of rotatable bonds is 4. The summed E-state index contributed by atoms with van der Waals surface area (Å²) in [7, 11) is 0. The van der Waals surface area contributed by atoms with Crippen molar-refractivity contribution in [3.63, 3.8) is 0 Å². The van der Waals surface area contributed by atoms with Crippen LogP contribution in [0.1, 0.15) is 52.4 Å². The van der Waals surface area contributed by atoms with E-state index in [1.165, 1.54) is 71.2 Å². The van der Waals surface area contributed by atoms with Gasteiger partial charge in [0.05, 0.1) is 0 Å². The van der Waals surface area contributed by atoms with E-state index >= 15 is 0 Å². The Kier molecular flexibility index (Phi) is 5.97. The molecule has 2 heteroatoms. The molecule has 3 unspecified atom stereocenters. The smallest absolute Gasteiger partial charge is 0.00161 e. The Labute approximate surface area is 114 Å². The van der Waals surface area contributed by atoms with Crippen molar-refractivity contribution in [1.29, 1.82) is 0 Å². The van der Waals surface area contributed by atoms with Crippen molar-refractivity contribution < 1.29 is 0 Å². The molecule has 2 nitrogen and oxygen atoms in total. The Morgan fingerprint density at radius 1 is 1.17 bits per heavy atom. The summed E-state index contributed by atoms with van der Waals surface area (Å²) in [5.74, 6) is 2.79. The van der Waals surface area contributed by atoms with Crippen LogP contribution in [0.2, 0.25) is 0 Å². The molecule has 2 aliphatic rings. The van der Waals surface area contributed by atoms with Crippen molar-refractivity contribution >= 4 is 0 Å². The van der Waals surface area contributed by atoms with Gasteiger partial charge in [0.15, 0.2) is 0 Å². The number of likely N-dealkylation sites (tertiary alicyclic amines) is 1. The van der Waals surface area contributed by atoms with E-state index < -0.39 is 0 Å². The zero-order valence-electron chi connectivity index (χ0n) is 12.5. The van der Waals surface area contributed by atoms with Gasteiger partial charge < -0.3 is 10.2 Å². The van der Waals surface area contributed by atoms with Crippen LogP contribution in [0.3, 0.4) is 0 Å². The van der Waals surface area contributed by atoms with Gasteiger partial charge in [-0.25, -0.2) is 0 Å². The standard InChI is InChI=1S/C16H32N2/c1-14-5-4-10-18(11-7-14)12-8-15(2)16-6-3-9-17-13-16/h14-17H,3-13H2,1-2H3. The molecule has 1 N–H and O–H groups in total. The van der Waals surface area contributed by atoms with Crippen LogP contribution >= 0.6 is 0 Å². The lowest BCUT2D eigenvalue weighted by Crippen LogP contribution is -2.35. The van der Waals surface area contributed by atoms with Crippen LogP contribution in [-0.4, -0.2) is 37.6 Å². The first-order chi connectivity index (χ1) is 8.75. The molecule has 0 spiro atoms. The number of nitrogens with zero attached hydrogens (tertiary/aromatic N) is 1. The first-order valence-corrected chi connectivity index (χ1v) is 8.19. The second-order valence-corrected chi connectivity index (χ2v) is 6.75. The fourth-order valence-electron chi connectivity index (χ4n) is 3.53. The second kappa shape index (κ2) is 7.49. The monoisotopic (exact) mass is 252 g/mol. The van der Waals surface area contributed by atoms with Crippen molar-refractivity contribution in [1.82, 2.24) is 10.2 Å². The SMILES string of the molecule is CC1CCCN(CCC(C)C2CCCNC2)CC1. The molecule has 0 amide bonds. The molecule has 2 heterocycles. The van der Waals surface area contributed by atoms with E-state index in [0.29, 0.717) is 0 Å². The lowest BCUT2D eigenvalue weighted by molar-refractivity contribution is 0.215. The minimum atomic E-state index is 0.901. The van der Waals surface area contributed by atoms with Crippen LogP contribution in [-0.2, 0) is 0 Å². The van der Waals surface area contributed by atoms with Gasteiger partial charge >= 0.3 is 0 Å². The van der Waals surface area contributed by atoms with Gasteiger partial charge in [-0.2, -0.15) is 0 Å². The van der Waals surface area contributed by atoms with E-state index in [0.717, 1.165) is 17.8 Å². The van der Waals surface area contributed by atoms with Crippen LogP contribution in [0, 0.1) is 17.8 Å². The Morgan fingerprint density at radius 2 is 2.06 bits per heavy atom. The van der Waals surface area contributed by atoms with Gasteiger partial charge in [0, 0.05) is 0 Å². The number of hydrogen-bond acceptors (Lipinski definition) is 2. The van der Waals surface area contributed by atoms with Crippen molar-refractivity contribution in [3.05, 3.63) is 0 Å². The Hall–Kier alpha value is -0.0800. The molecule has 18 heavy (non-hydrogen) atoms. The van der Waals surface area contributed by atoms with Crippen molar-refractivity contribution in [2.24, 2.45) is 17.8 Å². The third-order valence-electron chi connectivity index (χ3n) is 5.15. The van der Waals surface area contributed by atoms with E-state index in [1.54, 1.807) is 0 Å². The van der Waals surface area contributed by atoms with Gasteiger partial charge in [-0.05, 0) is 89.0 Å². The highest BCUT2D eigenvalue weighted by atomic mass is 15.1. The summed E-state index contributed by atoms with van der Waals surface area (Å²) in [6.07, 6.45) is 8.51. The van der Waals surface area contributed by atoms with Gasteiger partial charge in [-0.3, -0.25) is 0 Å². The van der Waals surface area contributed by atoms with Gasteiger partial charge in [0.1, 0.15) is 0 Å². The first kappa shape index (κ1) is 14.3. The molecule has 2 rings (SSSR count). The summed E-state index contributed by atoms with van der Waals surface area (Å²) in [5.41, 5.74) is 0. The quantitative estimate of drug-likeness (QED) is 0.827. The molecule has 0 aromatic rings. The molecule has 0 radical (unpaired) electrons. The Balaban J connectivity index is 1.66. The van der Waals surface area contributed by atoms with Gasteiger partial charge in [-0.1, -0.05) is 13.8 Å². The van der Waals surface area contributed by atoms with Gasteiger partial charge in [0.2, 0.25) is 0 Å². The fourth-order valence-corrected chi connectivity index (χ4v) is 3.53. The van der Waals surface area contributed by atoms with E-state index in [-0.39, 0.29) is 0 Å². The average molecular weight is 252 g/mol. The highest BCUT2D eigenvalue weighted by Gasteiger charge is 2.21. The zero-order valence-corrected chi connectivity index (χ0v) is 12.5. The summed E-state index contributed by atoms with van der Waals surface area (Å²) in [4.78, 5) is 2.72. The normalized spacial score (nSPS) is 33.0. The number of nitrogens with one attached hydrogen (secondary N) is 1. The molecular formula is C16H32N2. The van der Waals surface area contributed by atoms with Crippen molar-refractivity contribution in [3.8, 4) is 0 Å². The largest absolute Gasteiger partial charge is 0.316 e. The Morgan fingerprint density at radius 3 is 2.83 bits per heavy atom. The molecule has 3 atom stereocenters.